The third kappa shape index (κ3) is 2.18. The number of rotatable bonds is 2. The minimum atomic E-state index is -4.28. The highest BCUT2D eigenvalue weighted by molar-refractivity contribution is 7.85. The predicted octanol–water partition coefficient (Wildman–Crippen LogP) is 2.18. The lowest BCUT2D eigenvalue weighted by atomic mass is 10.1. The van der Waals surface area contributed by atoms with Crippen molar-refractivity contribution < 1.29 is 17.4 Å². The Balaban J connectivity index is 3.42. The van der Waals surface area contributed by atoms with Crippen molar-refractivity contribution >= 4 is 15.9 Å². The van der Waals surface area contributed by atoms with Gasteiger partial charge in [-0.2, -0.15) is 8.42 Å². The Hall–Kier alpha value is -1.20. The number of hydrogen-bond acceptors (Lipinski definition) is 2. The SMILES string of the molecule is C=C(F)c1cc(S(=O)(=O)O)ccc1C. The fraction of sp³-hybridized carbons (Fsp3) is 0.111. The smallest absolute Gasteiger partial charge is 0.282 e. The molecule has 1 rings (SSSR count). The molecule has 0 saturated heterocycles. The van der Waals surface area contributed by atoms with Crippen molar-refractivity contribution in [3.63, 3.8) is 0 Å². The summed E-state index contributed by atoms with van der Waals surface area (Å²) in [7, 11) is -4.28. The molecule has 1 aromatic carbocycles. The summed E-state index contributed by atoms with van der Waals surface area (Å²) in [6.45, 7) is 4.69. The van der Waals surface area contributed by atoms with Crippen LogP contribution in [0.25, 0.3) is 5.83 Å². The van der Waals surface area contributed by atoms with E-state index in [4.69, 9.17) is 4.55 Å². The van der Waals surface area contributed by atoms with Crippen molar-refractivity contribution in [1.82, 2.24) is 0 Å². The van der Waals surface area contributed by atoms with Gasteiger partial charge in [0, 0.05) is 5.56 Å². The molecule has 0 bridgehead atoms. The maximum Gasteiger partial charge on any atom is 0.294 e. The van der Waals surface area contributed by atoms with Crippen LogP contribution >= 0.6 is 0 Å². The topological polar surface area (TPSA) is 54.4 Å². The van der Waals surface area contributed by atoms with E-state index in [1.54, 1.807) is 6.92 Å². The summed E-state index contributed by atoms with van der Waals surface area (Å²) in [5, 5.41) is 0. The first-order valence-corrected chi connectivity index (χ1v) is 5.19. The summed E-state index contributed by atoms with van der Waals surface area (Å²) >= 11 is 0. The highest BCUT2D eigenvalue weighted by Crippen LogP contribution is 2.21. The van der Waals surface area contributed by atoms with Gasteiger partial charge in [-0.25, -0.2) is 4.39 Å². The second-order valence-electron chi connectivity index (χ2n) is 2.86. The van der Waals surface area contributed by atoms with Crippen LogP contribution in [0.1, 0.15) is 11.1 Å². The Morgan fingerprint density at radius 2 is 2.07 bits per heavy atom. The van der Waals surface area contributed by atoms with Gasteiger partial charge in [0.2, 0.25) is 0 Å². The minimum Gasteiger partial charge on any atom is -0.282 e. The standard InChI is InChI=1S/C9H9FO3S/c1-6-3-4-8(14(11,12)13)5-9(6)7(2)10/h3-5H,2H2,1H3,(H,11,12,13). The van der Waals surface area contributed by atoms with E-state index in [1.807, 2.05) is 0 Å². The first-order valence-electron chi connectivity index (χ1n) is 3.75. The summed E-state index contributed by atoms with van der Waals surface area (Å²) in [6, 6.07) is 3.66. The second-order valence-corrected chi connectivity index (χ2v) is 4.28. The molecule has 0 aromatic heterocycles. The Bertz CT molecular complexity index is 477. The van der Waals surface area contributed by atoms with E-state index in [2.05, 4.69) is 6.58 Å². The van der Waals surface area contributed by atoms with Crippen molar-refractivity contribution in [3.05, 3.63) is 35.9 Å². The summed E-state index contributed by atoms with van der Waals surface area (Å²) in [4.78, 5) is -0.336. The Morgan fingerprint density at radius 1 is 1.50 bits per heavy atom. The maximum absolute atomic E-state index is 12.8. The molecule has 5 heteroatoms. The molecule has 0 saturated carbocycles. The van der Waals surface area contributed by atoms with Crippen molar-refractivity contribution in [1.29, 1.82) is 0 Å². The molecule has 0 aliphatic heterocycles. The molecule has 0 aliphatic rings. The van der Waals surface area contributed by atoms with Gasteiger partial charge in [0.15, 0.2) is 0 Å². The summed E-state index contributed by atoms with van der Waals surface area (Å²) in [6.07, 6.45) is 0. The highest BCUT2D eigenvalue weighted by atomic mass is 32.2. The molecule has 0 unspecified atom stereocenters. The first kappa shape index (κ1) is 10.9. The molecule has 0 heterocycles. The van der Waals surface area contributed by atoms with Crippen LogP contribution in [0, 0.1) is 6.92 Å². The first-order chi connectivity index (χ1) is 6.32. The average Bonchev–Trinajstić information content (AvgIpc) is 2.02. The number of aryl methyl sites for hydroxylation is 1. The Labute approximate surface area is 81.6 Å². The Kier molecular flexibility index (Phi) is 2.73. The lowest BCUT2D eigenvalue weighted by Crippen LogP contribution is -1.99. The van der Waals surface area contributed by atoms with Gasteiger partial charge >= 0.3 is 0 Å². The summed E-state index contributed by atoms with van der Waals surface area (Å²) in [5.41, 5.74) is 0.644. The normalized spacial score (nSPS) is 11.4. The predicted molar refractivity (Wildman–Crippen MR) is 51.1 cm³/mol. The maximum atomic E-state index is 12.8. The molecule has 1 aromatic rings. The van der Waals surface area contributed by atoms with E-state index in [0.717, 1.165) is 6.07 Å². The van der Waals surface area contributed by atoms with Crippen LogP contribution in [-0.2, 0) is 10.1 Å². The molecule has 1 N–H and O–H groups in total. The van der Waals surface area contributed by atoms with E-state index >= 15 is 0 Å². The van der Waals surface area contributed by atoms with E-state index in [9.17, 15) is 12.8 Å². The van der Waals surface area contributed by atoms with Crippen LogP contribution in [0.3, 0.4) is 0 Å². The third-order valence-corrected chi connectivity index (χ3v) is 2.65. The molecule has 0 atom stereocenters. The monoisotopic (exact) mass is 216 g/mol. The molecule has 0 fully saturated rings. The quantitative estimate of drug-likeness (QED) is 0.771. The molecule has 0 radical (unpaired) electrons. The molecule has 0 aliphatic carbocycles. The fourth-order valence-corrected chi connectivity index (χ4v) is 1.56. The minimum absolute atomic E-state index is 0.0834. The van der Waals surface area contributed by atoms with Crippen LogP contribution in [0.15, 0.2) is 29.7 Å². The van der Waals surface area contributed by atoms with Gasteiger partial charge in [-0.3, -0.25) is 4.55 Å². The van der Waals surface area contributed by atoms with Gasteiger partial charge in [-0.05, 0) is 24.6 Å². The number of benzene rings is 1. The van der Waals surface area contributed by atoms with Crippen LogP contribution < -0.4 is 0 Å². The lowest BCUT2D eigenvalue weighted by molar-refractivity contribution is 0.483. The highest BCUT2D eigenvalue weighted by Gasteiger charge is 2.12. The second kappa shape index (κ2) is 3.51. The zero-order valence-electron chi connectivity index (χ0n) is 7.49. The fourth-order valence-electron chi connectivity index (χ4n) is 1.05. The summed E-state index contributed by atoms with van der Waals surface area (Å²) in [5.74, 6) is -0.729. The van der Waals surface area contributed by atoms with E-state index in [1.165, 1.54) is 12.1 Å². The van der Waals surface area contributed by atoms with Crippen LogP contribution in [0.5, 0.6) is 0 Å². The van der Waals surface area contributed by atoms with Crippen LogP contribution in [0.4, 0.5) is 4.39 Å². The third-order valence-electron chi connectivity index (χ3n) is 1.80. The van der Waals surface area contributed by atoms with Gasteiger partial charge in [-0.15, -0.1) is 0 Å². The van der Waals surface area contributed by atoms with Crippen molar-refractivity contribution in [2.45, 2.75) is 11.8 Å². The molecule has 76 valence electrons. The van der Waals surface area contributed by atoms with Crippen LogP contribution in [-0.4, -0.2) is 13.0 Å². The zero-order valence-corrected chi connectivity index (χ0v) is 8.31. The molecule has 0 spiro atoms. The van der Waals surface area contributed by atoms with Gasteiger partial charge in [0.05, 0.1) is 4.90 Å². The van der Waals surface area contributed by atoms with E-state index in [-0.39, 0.29) is 10.5 Å². The molecule has 0 amide bonds. The lowest BCUT2D eigenvalue weighted by Gasteiger charge is -2.04. The number of hydrogen-bond donors (Lipinski definition) is 1. The Morgan fingerprint density at radius 3 is 2.50 bits per heavy atom. The molecular weight excluding hydrogens is 207 g/mol. The van der Waals surface area contributed by atoms with Crippen molar-refractivity contribution in [2.24, 2.45) is 0 Å². The zero-order chi connectivity index (χ0) is 10.9. The van der Waals surface area contributed by atoms with Gasteiger partial charge in [0.1, 0.15) is 5.83 Å². The van der Waals surface area contributed by atoms with Crippen LogP contribution in [0.2, 0.25) is 0 Å². The number of halogens is 1. The van der Waals surface area contributed by atoms with Gasteiger partial charge in [0.25, 0.3) is 10.1 Å². The average molecular weight is 216 g/mol. The van der Waals surface area contributed by atoms with Gasteiger partial charge in [-0.1, -0.05) is 12.6 Å². The van der Waals surface area contributed by atoms with E-state index < -0.39 is 15.9 Å². The largest absolute Gasteiger partial charge is 0.294 e. The van der Waals surface area contributed by atoms with E-state index in [0.29, 0.717) is 5.56 Å². The summed E-state index contributed by atoms with van der Waals surface area (Å²) < 4.78 is 42.9. The molecule has 3 nitrogen and oxygen atoms in total. The van der Waals surface area contributed by atoms with Gasteiger partial charge < -0.3 is 0 Å². The van der Waals surface area contributed by atoms with Crippen molar-refractivity contribution in [2.75, 3.05) is 0 Å². The van der Waals surface area contributed by atoms with Crippen molar-refractivity contribution in [3.8, 4) is 0 Å². The molecule has 14 heavy (non-hydrogen) atoms. The molecular formula is C9H9FO3S.